The fourth-order valence-corrected chi connectivity index (χ4v) is 2.97. The number of fused-ring (bicyclic) bond motifs is 1. The van der Waals surface area contributed by atoms with Crippen molar-refractivity contribution in [1.82, 2.24) is 14.8 Å². The lowest BCUT2D eigenvalue weighted by Gasteiger charge is -2.08. The van der Waals surface area contributed by atoms with Crippen molar-refractivity contribution in [2.24, 2.45) is 0 Å². The van der Waals surface area contributed by atoms with Gasteiger partial charge in [-0.3, -0.25) is 0 Å². The number of benzene rings is 1. The summed E-state index contributed by atoms with van der Waals surface area (Å²) in [6.45, 7) is 5.93. The number of nitrogen functional groups attached to an aromatic ring is 1. The fraction of sp³-hybridized carbons (Fsp3) is 0.286. The quantitative estimate of drug-likeness (QED) is 0.804. The van der Waals surface area contributed by atoms with Crippen LogP contribution in [0.15, 0.2) is 24.3 Å². The molecule has 6 heteroatoms. The van der Waals surface area contributed by atoms with E-state index >= 15 is 0 Å². The number of anilines is 1. The molecule has 0 aliphatic heterocycles. The van der Waals surface area contributed by atoms with E-state index < -0.39 is 0 Å². The normalized spacial score (nSPS) is 11.4. The van der Waals surface area contributed by atoms with Crippen molar-refractivity contribution in [3.63, 3.8) is 0 Å². The lowest BCUT2D eigenvalue weighted by molar-refractivity contribution is 0.243. The molecule has 0 aliphatic rings. The first-order chi connectivity index (χ1) is 9.52. The molecule has 0 atom stereocenters. The van der Waals surface area contributed by atoms with Crippen LogP contribution >= 0.6 is 11.3 Å². The van der Waals surface area contributed by atoms with Gasteiger partial charge in [0.25, 0.3) is 0 Å². The Balaban J connectivity index is 2.04. The van der Waals surface area contributed by atoms with Gasteiger partial charge in [-0.1, -0.05) is 11.3 Å². The summed E-state index contributed by atoms with van der Waals surface area (Å²) in [6.07, 6.45) is 0.157. The Morgan fingerprint density at radius 3 is 2.75 bits per heavy atom. The van der Waals surface area contributed by atoms with E-state index in [4.69, 9.17) is 10.5 Å². The molecule has 0 radical (unpaired) electrons. The lowest BCUT2D eigenvalue weighted by atomic mass is 10.3. The van der Waals surface area contributed by atoms with Crippen LogP contribution in [0.25, 0.3) is 15.3 Å². The number of aryl methyl sites for hydroxylation is 1. The van der Waals surface area contributed by atoms with Crippen LogP contribution in [0, 0.1) is 6.92 Å². The average Bonchev–Trinajstić information content (AvgIpc) is 2.90. The number of nitrogens with zero attached hydrogens (tertiary/aromatic N) is 3. The van der Waals surface area contributed by atoms with Gasteiger partial charge in [-0.05, 0) is 39.0 Å². The molecule has 2 aromatic heterocycles. The Kier molecular flexibility index (Phi) is 3.10. The topological polar surface area (TPSA) is 66.0 Å². The third kappa shape index (κ3) is 2.34. The highest BCUT2D eigenvalue weighted by Crippen LogP contribution is 2.29. The molecule has 20 heavy (non-hydrogen) atoms. The molecule has 0 amide bonds. The second kappa shape index (κ2) is 4.79. The Morgan fingerprint density at radius 1 is 1.30 bits per heavy atom. The number of ether oxygens (including phenoxy) is 1. The van der Waals surface area contributed by atoms with Crippen molar-refractivity contribution in [3.8, 4) is 10.9 Å². The van der Waals surface area contributed by atoms with Crippen molar-refractivity contribution in [3.05, 3.63) is 30.0 Å². The molecule has 0 unspecified atom stereocenters. The van der Waals surface area contributed by atoms with Gasteiger partial charge in [0.15, 0.2) is 0 Å². The number of hydrogen-bond acceptors (Lipinski definition) is 5. The van der Waals surface area contributed by atoms with Gasteiger partial charge in [-0.25, -0.2) is 4.98 Å². The van der Waals surface area contributed by atoms with Crippen molar-refractivity contribution >= 4 is 27.4 Å². The van der Waals surface area contributed by atoms with E-state index in [0.29, 0.717) is 5.82 Å². The number of thiazole rings is 1. The van der Waals surface area contributed by atoms with E-state index in [2.05, 4.69) is 10.1 Å². The highest BCUT2D eigenvalue weighted by molar-refractivity contribution is 7.20. The van der Waals surface area contributed by atoms with Crippen LogP contribution in [-0.4, -0.2) is 20.9 Å². The molecule has 0 bridgehead atoms. The Hall–Kier alpha value is -2.08. The summed E-state index contributed by atoms with van der Waals surface area (Å²) in [6, 6.07) is 7.73. The van der Waals surface area contributed by atoms with Crippen molar-refractivity contribution in [1.29, 1.82) is 0 Å². The van der Waals surface area contributed by atoms with E-state index in [-0.39, 0.29) is 6.10 Å². The van der Waals surface area contributed by atoms with E-state index in [1.807, 2.05) is 45.0 Å². The summed E-state index contributed by atoms with van der Waals surface area (Å²) in [7, 11) is 0. The lowest BCUT2D eigenvalue weighted by Crippen LogP contribution is -2.04. The highest BCUT2D eigenvalue weighted by atomic mass is 32.1. The van der Waals surface area contributed by atoms with Crippen LogP contribution in [0.3, 0.4) is 0 Å². The molecular weight excluding hydrogens is 272 g/mol. The standard InChI is InChI=1S/C14H16N4OS/c1-8(2)19-10-4-5-11-12(7-10)20-14(16-11)18-13(15)6-9(3)17-18/h4-8H,15H2,1-3H3. The second-order valence-corrected chi connectivity index (χ2v) is 5.92. The number of nitrogens with two attached hydrogens (primary N) is 1. The van der Waals surface area contributed by atoms with Gasteiger partial charge in [0, 0.05) is 6.07 Å². The third-order valence-electron chi connectivity index (χ3n) is 2.76. The Labute approximate surface area is 121 Å². The molecule has 0 saturated heterocycles. The molecule has 5 nitrogen and oxygen atoms in total. The van der Waals surface area contributed by atoms with Crippen molar-refractivity contribution in [2.75, 3.05) is 5.73 Å². The minimum Gasteiger partial charge on any atom is -0.491 e. The molecule has 2 N–H and O–H groups in total. The third-order valence-corrected chi connectivity index (χ3v) is 3.75. The van der Waals surface area contributed by atoms with Gasteiger partial charge >= 0.3 is 0 Å². The van der Waals surface area contributed by atoms with E-state index in [0.717, 1.165) is 26.8 Å². The van der Waals surface area contributed by atoms with E-state index in [1.54, 1.807) is 16.0 Å². The Bertz CT molecular complexity index is 760. The second-order valence-electron chi connectivity index (χ2n) is 4.91. The zero-order valence-electron chi connectivity index (χ0n) is 11.6. The van der Waals surface area contributed by atoms with Crippen molar-refractivity contribution in [2.45, 2.75) is 26.9 Å². The number of rotatable bonds is 3. The van der Waals surface area contributed by atoms with Gasteiger partial charge < -0.3 is 10.5 Å². The van der Waals surface area contributed by atoms with E-state index in [9.17, 15) is 0 Å². The SMILES string of the molecule is Cc1cc(N)n(-c2nc3ccc(OC(C)C)cc3s2)n1. The molecule has 0 spiro atoms. The van der Waals surface area contributed by atoms with Gasteiger partial charge in [0.2, 0.25) is 5.13 Å². The minimum atomic E-state index is 0.157. The highest BCUT2D eigenvalue weighted by Gasteiger charge is 2.11. The summed E-state index contributed by atoms with van der Waals surface area (Å²) in [5.74, 6) is 1.45. The zero-order chi connectivity index (χ0) is 14.3. The molecule has 1 aromatic carbocycles. The smallest absolute Gasteiger partial charge is 0.213 e. The largest absolute Gasteiger partial charge is 0.491 e. The molecule has 0 fully saturated rings. The first kappa shape index (κ1) is 12.9. The number of hydrogen-bond donors (Lipinski definition) is 1. The summed E-state index contributed by atoms with van der Waals surface area (Å²) < 4.78 is 8.43. The predicted molar refractivity (Wildman–Crippen MR) is 81.7 cm³/mol. The van der Waals surface area contributed by atoms with Crippen LogP contribution in [0.1, 0.15) is 19.5 Å². The summed E-state index contributed by atoms with van der Waals surface area (Å²) >= 11 is 1.55. The zero-order valence-corrected chi connectivity index (χ0v) is 12.4. The molecule has 2 heterocycles. The molecule has 0 saturated carbocycles. The predicted octanol–water partition coefficient (Wildman–Crippen LogP) is 3.16. The van der Waals surface area contributed by atoms with Gasteiger partial charge in [0.1, 0.15) is 11.6 Å². The van der Waals surface area contributed by atoms with Gasteiger partial charge in [-0.15, -0.1) is 0 Å². The monoisotopic (exact) mass is 288 g/mol. The Morgan fingerprint density at radius 2 is 2.10 bits per heavy atom. The minimum absolute atomic E-state index is 0.157. The summed E-state index contributed by atoms with van der Waals surface area (Å²) in [5.41, 5.74) is 7.74. The maximum absolute atomic E-state index is 5.93. The van der Waals surface area contributed by atoms with Gasteiger partial charge in [0.05, 0.1) is 22.0 Å². The average molecular weight is 288 g/mol. The fourth-order valence-electron chi connectivity index (χ4n) is 2.00. The summed E-state index contributed by atoms with van der Waals surface area (Å²) in [5, 5.41) is 5.13. The van der Waals surface area contributed by atoms with Crippen molar-refractivity contribution < 1.29 is 4.74 Å². The maximum Gasteiger partial charge on any atom is 0.213 e. The molecule has 104 valence electrons. The molecule has 3 aromatic rings. The van der Waals surface area contributed by atoms with Crippen LogP contribution < -0.4 is 10.5 Å². The maximum atomic E-state index is 5.93. The molecular formula is C14H16N4OS. The van der Waals surface area contributed by atoms with Crippen LogP contribution in [0.4, 0.5) is 5.82 Å². The van der Waals surface area contributed by atoms with E-state index in [1.165, 1.54) is 0 Å². The molecule has 0 aliphatic carbocycles. The number of aromatic nitrogens is 3. The van der Waals surface area contributed by atoms with Crippen LogP contribution in [0.5, 0.6) is 5.75 Å². The first-order valence-electron chi connectivity index (χ1n) is 6.42. The first-order valence-corrected chi connectivity index (χ1v) is 7.24. The molecule has 3 rings (SSSR count). The van der Waals surface area contributed by atoms with Crippen LogP contribution in [0.2, 0.25) is 0 Å². The van der Waals surface area contributed by atoms with Gasteiger partial charge in [-0.2, -0.15) is 9.78 Å². The summed E-state index contributed by atoms with van der Waals surface area (Å²) in [4.78, 5) is 4.56. The van der Waals surface area contributed by atoms with Crippen LogP contribution in [-0.2, 0) is 0 Å².